The zero-order valence-corrected chi connectivity index (χ0v) is 12.6. The Kier molecular flexibility index (Phi) is 5.15. The fraction of sp³-hybridized carbons (Fsp3) is 0.562. The van der Waals surface area contributed by atoms with E-state index in [2.05, 4.69) is 29.3 Å². The highest BCUT2D eigenvalue weighted by Gasteiger charge is 2.23. The summed E-state index contributed by atoms with van der Waals surface area (Å²) in [6, 6.07) is 8.12. The lowest BCUT2D eigenvalue weighted by Crippen LogP contribution is -2.49. The average Bonchev–Trinajstić information content (AvgIpc) is 2.36. The summed E-state index contributed by atoms with van der Waals surface area (Å²) < 4.78 is 5.67. The van der Waals surface area contributed by atoms with Gasteiger partial charge in [0.05, 0.1) is 18.8 Å². The van der Waals surface area contributed by atoms with Crippen molar-refractivity contribution in [2.24, 2.45) is 0 Å². The van der Waals surface area contributed by atoms with Crippen LogP contribution in [-0.2, 0) is 16.1 Å². The normalized spacial score (nSPS) is 23.6. The van der Waals surface area contributed by atoms with Crippen molar-refractivity contribution in [3.05, 3.63) is 35.4 Å². The van der Waals surface area contributed by atoms with Crippen LogP contribution in [0.2, 0.25) is 0 Å². The van der Waals surface area contributed by atoms with E-state index >= 15 is 0 Å². The highest BCUT2D eigenvalue weighted by Crippen LogP contribution is 2.10. The number of morpholine rings is 1. The monoisotopic (exact) mass is 276 g/mol. The summed E-state index contributed by atoms with van der Waals surface area (Å²) in [6.07, 6.45) is 0.394. The first kappa shape index (κ1) is 15.0. The minimum absolute atomic E-state index is 0.0783. The Morgan fingerprint density at radius 3 is 2.60 bits per heavy atom. The Labute approximate surface area is 121 Å². The molecule has 0 radical (unpaired) electrons. The second-order valence-corrected chi connectivity index (χ2v) is 5.65. The van der Waals surface area contributed by atoms with Gasteiger partial charge in [-0.25, -0.2) is 0 Å². The number of amides is 1. The molecule has 1 aromatic carbocycles. The maximum absolute atomic E-state index is 12.0. The second kappa shape index (κ2) is 6.86. The summed E-state index contributed by atoms with van der Waals surface area (Å²) >= 11 is 0. The topological polar surface area (TPSA) is 41.6 Å². The third-order valence-electron chi connectivity index (χ3n) is 3.60. The number of hydrogen-bond donors (Lipinski definition) is 1. The Morgan fingerprint density at radius 1 is 1.30 bits per heavy atom. The van der Waals surface area contributed by atoms with Crippen LogP contribution in [0.15, 0.2) is 24.3 Å². The first-order valence-corrected chi connectivity index (χ1v) is 7.23. The number of carbonyl (C=O) groups excluding carboxylic acids is 1. The Morgan fingerprint density at radius 2 is 1.95 bits per heavy atom. The predicted molar refractivity (Wildman–Crippen MR) is 79.5 cm³/mol. The van der Waals surface area contributed by atoms with Gasteiger partial charge in [-0.3, -0.25) is 9.69 Å². The zero-order valence-electron chi connectivity index (χ0n) is 12.6. The number of ether oxygens (including phenoxy) is 1. The molecule has 1 aliphatic rings. The lowest BCUT2D eigenvalue weighted by molar-refractivity contribution is -0.126. The molecule has 1 amide bonds. The quantitative estimate of drug-likeness (QED) is 0.910. The lowest BCUT2D eigenvalue weighted by Gasteiger charge is -2.34. The minimum atomic E-state index is 0.0783. The summed E-state index contributed by atoms with van der Waals surface area (Å²) in [5, 5.41) is 3.00. The average molecular weight is 276 g/mol. The van der Waals surface area contributed by atoms with Crippen LogP contribution in [-0.4, -0.2) is 42.6 Å². The summed E-state index contributed by atoms with van der Waals surface area (Å²) in [5.74, 6) is 0.0783. The fourth-order valence-corrected chi connectivity index (χ4v) is 2.67. The predicted octanol–water partition coefficient (Wildman–Crippen LogP) is 1.72. The molecule has 0 aromatic heterocycles. The van der Waals surface area contributed by atoms with Gasteiger partial charge in [0.15, 0.2) is 0 Å². The molecule has 1 fully saturated rings. The van der Waals surface area contributed by atoms with Crippen molar-refractivity contribution in [2.75, 3.05) is 19.6 Å². The molecule has 0 unspecified atom stereocenters. The van der Waals surface area contributed by atoms with E-state index in [1.807, 2.05) is 26.0 Å². The summed E-state index contributed by atoms with van der Waals surface area (Å²) in [7, 11) is 0. The molecular formula is C16H24N2O2. The molecule has 0 aliphatic carbocycles. The van der Waals surface area contributed by atoms with E-state index in [-0.39, 0.29) is 18.1 Å². The standard InChI is InChI=1S/C16H24N2O2/c1-12-6-4-5-7-15(12)8-17-16(19)11-18-9-13(2)20-14(3)10-18/h4-7,13-14H,8-11H2,1-3H3,(H,17,19)/t13-,14+. The van der Waals surface area contributed by atoms with Crippen LogP contribution in [0.25, 0.3) is 0 Å². The molecule has 20 heavy (non-hydrogen) atoms. The molecule has 1 aliphatic heterocycles. The van der Waals surface area contributed by atoms with Gasteiger partial charge in [-0.15, -0.1) is 0 Å². The van der Waals surface area contributed by atoms with E-state index in [9.17, 15) is 4.79 Å². The van der Waals surface area contributed by atoms with Crippen LogP contribution in [0.4, 0.5) is 0 Å². The van der Waals surface area contributed by atoms with Crippen molar-refractivity contribution in [3.63, 3.8) is 0 Å². The van der Waals surface area contributed by atoms with Crippen molar-refractivity contribution in [1.82, 2.24) is 10.2 Å². The van der Waals surface area contributed by atoms with Gasteiger partial charge in [0.2, 0.25) is 5.91 Å². The van der Waals surface area contributed by atoms with Crippen molar-refractivity contribution >= 4 is 5.91 Å². The maximum Gasteiger partial charge on any atom is 0.234 e. The van der Waals surface area contributed by atoms with Crippen molar-refractivity contribution in [1.29, 1.82) is 0 Å². The zero-order chi connectivity index (χ0) is 14.5. The van der Waals surface area contributed by atoms with Gasteiger partial charge in [0, 0.05) is 19.6 Å². The third-order valence-corrected chi connectivity index (χ3v) is 3.60. The van der Waals surface area contributed by atoms with Gasteiger partial charge >= 0.3 is 0 Å². The molecule has 0 saturated carbocycles. The highest BCUT2D eigenvalue weighted by atomic mass is 16.5. The van der Waals surface area contributed by atoms with Crippen molar-refractivity contribution in [3.8, 4) is 0 Å². The van der Waals surface area contributed by atoms with Crippen molar-refractivity contribution < 1.29 is 9.53 Å². The van der Waals surface area contributed by atoms with Gasteiger partial charge in [-0.05, 0) is 31.9 Å². The van der Waals surface area contributed by atoms with Crippen LogP contribution in [0, 0.1) is 6.92 Å². The van der Waals surface area contributed by atoms with E-state index in [1.165, 1.54) is 11.1 Å². The van der Waals surface area contributed by atoms with Crippen LogP contribution >= 0.6 is 0 Å². The molecule has 1 N–H and O–H groups in total. The largest absolute Gasteiger partial charge is 0.373 e. The van der Waals surface area contributed by atoms with Gasteiger partial charge in [-0.2, -0.15) is 0 Å². The minimum Gasteiger partial charge on any atom is -0.373 e. The Hall–Kier alpha value is -1.39. The van der Waals surface area contributed by atoms with Crippen LogP contribution in [0.1, 0.15) is 25.0 Å². The van der Waals surface area contributed by atoms with Gasteiger partial charge in [-0.1, -0.05) is 24.3 Å². The first-order valence-electron chi connectivity index (χ1n) is 7.23. The smallest absolute Gasteiger partial charge is 0.234 e. The van der Waals surface area contributed by atoms with E-state index in [1.54, 1.807) is 0 Å². The highest BCUT2D eigenvalue weighted by molar-refractivity contribution is 5.78. The number of aryl methyl sites for hydroxylation is 1. The molecule has 2 rings (SSSR count). The molecule has 1 heterocycles. The number of benzene rings is 1. The summed E-state index contributed by atoms with van der Waals surface area (Å²) in [6.45, 7) is 8.85. The molecule has 1 saturated heterocycles. The maximum atomic E-state index is 12.0. The molecule has 0 spiro atoms. The SMILES string of the molecule is Cc1ccccc1CNC(=O)CN1C[C@@H](C)O[C@@H](C)C1. The number of hydrogen-bond acceptors (Lipinski definition) is 3. The number of nitrogens with zero attached hydrogens (tertiary/aromatic N) is 1. The molecular weight excluding hydrogens is 252 g/mol. The summed E-state index contributed by atoms with van der Waals surface area (Å²) in [4.78, 5) is 14.2. The number of rotatable bonds is 4. The van der Waals surface area contributed by atoms with E-state index in [0.29, 0.717) is 13.1 Å². The van der Waals surface area contributed by atoms with E-state index < -0.39 is 0 Å². The molecule has 0 bridgehead atoms. The number of carbonyl (C=O) groups is 1. The first-order chi connectivity index (χ1) is 9.54. The molecule has 4 nitrogen and oxygen atoms in total. The van der Waals surface area contributed by atoms with E-state index in [4.69, 9.17) is 4.74 Å². The van der Waals surface area contributed by atoms with Crippen molar-refractivity contribution in [2.45, 2.75) is 39.5 Å². The van der Waals surface area contributed by atoms with Gasteiger partial charge in [0.1, 0.15) is 0 Å². The number of nitrogens with one attached hydrogen (secondary N) is 1. The fourth-order valence-electron chi connectivity index (χ4n) is 2.67. The molecule has 110 valence electrons. The summed E-state index contributed by atoms with van der Waals surface area (Å²) in [5.41, 5.74) is 2.38. The van der Waals surface area contributed by atoms with Crippen LogP contribution in [0.3, 0.4) is 0 Å². The second-order valence-electron chi connectivity index (χ2n) is 5.65. The molecule has 2 atom stereocenters. The third kappa shape index (κ3) is 4.32. The van der Waals surface area contributed by atoms with E-state index in [0.717, 1.165) is 13.1 Å². The van der Waals surface area contributed by atoms with Gasteiger partial charge in [0.25, 0.3) is 0 Å². The van der Waals surface area contributed by atoms with Crippen LogP contribution in [0.5, 0.6) is 0 Å². The van der Waals surface area contributed by atoms with Crippen LogP contribution < -0.4 is 5.32 Å². The van der Waals surface area contributed by atoms with Gasteiger partial charge < -0.3 is 10.1 Å². The molecule has 1 aromatic rings. The molecule has 4 heteroatoms. The lowest BCUT2D eigenvalue weighted by atomic mass is 10.1. The Balaban J connectivity index is 1.79. The Bertz CT molecular complexity index is 452.